The summed E-state index contributed by atoms with van der Waals surface area (Å²) in [6.45, 7) is 0. The lowest BCUT2D eigenvalue weighted by atomic mass is 9.82. The van der Waals surface area contributed by atoms with Crippen molar-refractivity contribution in [2.75, 3.05) is 5.73 Å². The zero-order valence-electron chi connectivity index (χ0n) is 9.02. The van der Waals surface area contributed by atoms with Crippen LogP contribution in [-0.2, 0) is 17.6 Å². The fourth-order valence-electron chi connectivity index (χ4n) is 1.82. The van der Waals surface area contributed by atoms with Crippen molar-refractivity contribution in [2.24, 2.45) is 5.92 Å². The normalized spacial score (nSPS) is 15.8. The third-order valence-electron chi connectivity index (χ3n) is 2.97. The van der Waals surface area contributed by atoms with E-state index in [0.29, 0.717) is 17.4 Å². The smallest absolute Gasteiger partial charge is 0.311 e. The van der Waals surface area contributed by atoms with Gasteiger partial charge in [0.05, 0.1) is 17.6 Å². The Kier molecular flexibility index (Phi) is 3.03. The molecule has 0 radical (unpaired) electrons. The number of anilines is 1. The van der Waals surface area contributed by atoms with E-state index in [-0.39, 0.29) is 6.42 Å². The second-order valence-corrected chi connectivity index (χ2v) is 4.26. The van der Waals surface area contributed by atoms with Crippen LogP contribution in [0.1, 0.15) is 30.8 Å². The molecule has 0 atom stereocenters. The molecule has 0 saturated heterocycles. The summed E-state index contributed by atoms with van der Waals surface area (Å²) in [4.78, 5) is 18.7. The molecule has 5 heteroatoms. The van der Waals surface area contributed by atoms with Crippen molar-refractivity contribution in [3.63, 3.8) is 0 Å². The van der Waals surface area contributed by atoms with E-state index >= 15 is 0 Å². The number of aromatic nitrogens is 2. The number of hydrogen-bond donors (Lipinski definition) is 2. The molecule has 5 nitrogen and oxygen atoms in total. The van der Waals surface area contributed by atoms with E-state index in [4.69, 9.17) is 10.8 Å². The van der Waals surface area contributed by atoms with Gasteiger partial charge in [0.15, 0.2) is 0 Å². The van der Waals surface area contributed by atoms with Crippen LogP contribution in [0.15, 0.2) is 6.20 Å². The molecule has 0 bridgehead atoms. The molecule has 0 aromatic carbocycles. The topological polar surface area (TPSA) is 89.1 Å². The SMILES string of the molecule is Nc1cnc(CC(=O)O)nc1CC1CCC1. The molecule has 1 fully saturated rings. The monoisotopic (exact) mass is 221 g/mol. The van der Waals surface area contributed by atoms with Gasteiger partial charge in [0.1, 0.15) is 12.2 Å². The summed E-state index contributed by atoms with van der Waals surface area (Å²) in [5, 5.41) is 8.66. The van der Waals surface area contributed by atoms with Gasteiger partial charge >= 0.3 is 5.97 Å². The first-order chi connectivity index (χ1) is 7.65. The highest BCUT2D eigenvalue weighted by atomic mass is 16.4. The van der Waals surface area contributed by atoms with E-state index in [1.807, 2.05) is 0 Å². The minimum atomic E-state index is -0.917. The van der Waals surface area contributed by atoms with Crippen molar-refractivity contribution in [3.05, 3.63) is 17.7 Å². The number of nitrogens with zero attached hydrogens (tertiary/aromatic N) is 2. The molecule has 1 aromatic rings. The summed E-state index contributed by atoms with van der Waals surface area (Å²) in [7, 11) is 0. The van der Waals surface area contributed by atoms with Crippen LogP contribution in [-0.4, -0.2) is 21.0 Å². The molecule has 1 saturated carbocycles. The highest BCUT2D eigenvalue weighted by Gasteiger charge is 2.20. The van der Waals surface area contributed by atoms with Crippen molar-refractivity contribution in [1.82, 2.24) is 9.97 Å². The summed E-state index contributed by atoms with van der Waals surface area (Å²) in [6, 6.07) is 0. The van der Waals surface area contributed by atoms with Gasteiger partial charge in [-0.15, -0.1) is 0 Å². The van der Waals surface area contributed by atoms with Gasteiger partial charge in [0, 0.05) is 0 Å². The fourth-order valence-corrected chi connectivity index (χ4v) is 1.82. The second-order valence-electron chi connectivity index (χ2n) is 4.26. The van der Waals surface area contributed by atoms with E-state index in [9.17, 15) is 4.79 Å². The molecule has 86 valence electrons. The number of rotatable bonds is 4. The van der Waals surface area contributed by atoms with Crippen molar-refractivity contribution in [2.45, 2.75) is 32.1 Å². The molecule has 2 rings (SSSR count). The van der Waals surface area contributed by atoms with Crippen LogP contribution in [0.4, 0.5) is 5.69 Å². The number of carboxylic acids is 1. The van der Waals surface area contributed by atoms with Crippen LogP contribution < -0.4 is 5.73 Å². The van der Waals surface area contributed by atoms with Gasteiger partial charge in [-0.05, 0) is 12.3 Å². The third kappa shape index (κ3) is 2.48. The largest absolute Gasteiger partial charge is 0.481 e. The number of carboxylic acid groups (broad SMARTS) is 1. The fraction of sp³-hybridized carbons (Fsp3) is 0.545. The molecule has 1 aliphatic rings. The van der Waals surface area contributed by atoms with E-state index in [1.165, 1.54) is 25.5 Å². The van der Waals surface area contributed by atoms with Gasteiger partial charge in [0.25, 0.3) is 0 Å². The van der Waals surface area contributed by atoms with Crippen molar-refractivity contribution >= 4 is 11.7 Å². The minimum Gasteiger partial charge on any atom is -0.481 e. The van der Waals surface area contributed by atoms with Gasteiger partial charge in [-0.1, -0.05) is 19.3 Å². The van der Waals surface area contributed by atoms with E-state index in [1.54, 1.807) is 0 Å². The maximum absolute atomic E-state index is 10.5. The second kappa shape index (κ2) is 4.47. The van der Waals surface area contributed by atoms with Crippen LogP contribution >= 0.6 is 0 Å². The maximum Gasteiger partial charge on any atom is 0.311 e. The van der Waals surface area contributed by atoms with Crippen LogP contribution in [0.25, 0.3) is 0 Å². The first-order valence-corrected chi connectivity index (χ1v) is 5.47. The Balaban J connectivity index is 2.11. The third-order valence-corrected chi connectivity index (χ3v) is 2.97. The standard InChI is InChI=1S/C11H15N3O2/c12-8-6-13-10(5-11(15)16)14-9(8)4-7-2-1-3-7/h6-7H,1-5,12H2,(H,15,16). The zero-order valence-corrected chi connectivity index (χ0v) is 9.02. The van der Waals surface area contributed by atoms with Gasteiger partial charge in [-0.3, -0.25) is 4.79 Å². The first kappa shape index (κ1) is 10.9. The predicted octanol–water partition coefficient (Wildman–Crippen LogP) is 1.03. The van der Waals surface area contributed by atoms with Crippen molar-refractivity contribution in [1.29, 1.82) is 0 Å². The molecule has 0 unspecified atom stereocenters. The predicted molar refractivity (Wildman–Crippen MR) is 58.8 cm³/mol. The maximum atomic E-state index is 10.5. The summed E-state index contributed by atoms with van der Waals surface area (Å²) >= 11 is 0. The first-order valence-electron chi connectivity index (χ1n) is 5.47. The lowest BCUT2D eigenvalue weighted by Gasteiger charge is -2.25. The van der Waals surface area contributed by atoms with Crippen LogP contribution in [0.5, 0.6) is 0 Å². The summed E-state index contributed by atoms with van der Waals surface area (Å²) in [6.07, 6.45) is 5.94. The Labute approximate surface area is 93.7 Å². The van der Waals surface area contributed by atoms with Crippen LogP contribution in [0.2, 0.25) is 0 Å². The Morgan fingerprint density at radius 2 is 2.31 bits per heavy atom. The quantitative estimate of drug-likeness (QED) is 0.792. The molecule has 1 heterocycles. The van der Waals surface area contributed by atoms with Crippen LogP contribution in [0.3, 0.4) is 0 Å². The number of nitrogens with two attached hydrogens (primary N) is 1. The summed E-state index contributed by atoms with van der Waals surface area (Å²) in [5.74, 6) is 0.0882. The van der Waals surface area contributed by atoms with Crippen molar-refractivity contribution in [3.8, 4) is 0 Å². The number of hydrogen-bond acceptors (Lipinski definition) is 4. The molecule has 3 N–H and O–H groups in total. The number of nitrogen functional groups attached to an aromatic ring is 1. The molecule has 16 heavy (non-hydrogen) atoms. The highest BCUT2D eigenvalue weighted by molar-refractivity contribution is 5.69. The summed E-state index contributed by atoms with van der Waals surface area (Å²) in [5.41, 5.74) is 7.15. The van der Waals surface area contributed by atoms with Crippen molar-refractivity contribution < 1.29 is 9.90 Å². The molecule has 1 aliphatic carbocycles. The average Bonchev–Trinajstić information content (AvgIpc) is 2.15. The summed E-state index contributed by atoms with van der Waals surface area (Å²) < 4.78 is 0. The Bertz CT molecular complexity index is 402. The molecule has 0 aliphatic heterocycles. The molecule has 0 spiro atoms. The van der Waals surface area contributed by atoms with E-state index in [2.05, 4.69) is 9.97 Å². The number of carbonyl (C=O) groups is 1. The van der Waals surface area contributed by atoms with E-state index < -0.39 is 5.97 Å². The molecular formula is C11H15N3O2. The van der Waals surface area contributed by atoms with Gasteiger partial charge < -0.3 is 10.8 Å². The molecule has 0 amide bonds. The van der Waals surface area contributed by atoms with Gasteiger partial charge in [-0.25, -0.2) is 9.97 Å². The Morgan fingerprint density at radius 1 is 1.56 bits per heavy atom. The zero-order chi connectivity index (χ0) is 11.5. The lowest BCUT2D eigenvalue weighted by molar-refractivity contribution is -0.136. The highest BCUT2D eigenvalue weighted by Crippen LogP contribution is 2.30. The lowest BCUT2D eigenvalue weighted by Crippen LogP contribution is -2.17. The Hall–Kier alpha value is -1.65. The van der Waals surface area contributed by atoms with E-state index in [0.717, 1.165) is 12.1 Å². The minimum absolute atomic E-state index is 0.141. The van der Waals surface area contributed by atoms with Gasteiger partial charge in [-0.2, -0.15) is 0 Å². The molecule has 1 aromatic heterocycles. The van der Waals surface area contributed by atoms with Gasteiger partial charge in [0.2, 0.25) is 0 Å². The van der Waals surface area contributed by atoms with Crippen LogP contribution in [0, 0.1) is 5.92 Å². The number of aliphatic carboxylic acids is 1. The molecular weight excluding hydrogens is 206 g/mol. The average molecular weight is 221 g/mol. The Morgan fingerprint density at radius 3 is 2.88 bits per heavy atom.